The Morgan fingerprint density at radius 3 is 3.17 bits per heavy atom. The van der Waals surface area contributed by atoms with Crippen molar-refractivity contribution in [1.82, 2.24) is 0 Å². The van der Waals surface area contributed by atoms with E-state index in [1.165, 1.54) is 6.07 Å². The van der Waals surface area contributed by atoms with Crippen LogP contribution in [0.1, 0.15) is 12.5 Å². The maximum atomic E-state index is 12.8. The molecule has 1 aromatic carbocycles. The Morgan fingerprint density at radius 2 is 2.33 bits per heavy atom. The molecule has 0 aromatic heterocycles. The van der Waals surface area contributed by atoms with Gasteiger partial charge < -0.3 is 5.32 Å². The third kappa shape index (κ3) is 1.29. The first-order chi connectivity index (χ1) is 5.75. The van der Waals surface area contributed by atoms with E-state index in [1.807, 2.05) is 6.07 Å². The number of nitrogens with one attached hydrogen (secondary N) is 1. The number of benzene rings is 1. The molecule has 1 aliphatic heterocycles. The number of rotatable bonds is 0. The lowest BCUT2D eigenvalue weighted by atomic mass is 9.96. The van der Waals surface area contributed by atoms with Crippen LogP contribution in [0.15, 0.2) is 18.2 Å². The van der Waals surface area contributed by atoms with Gasteiger partial charge in [-0.3, -0.25) is 0 Å². The summed E-state index contributed by atoms with van der Waals surface area (Å²) >= 11 is 0. The lowest BCUT2D eigenvalue weighted by molar-refractivity contribution is 0.582. The van der Waals surface area contributed by atoms with Crippen LogP contribution in [0.25, 0.3) is 0 Å². The van der Waals surface area contributed by atoms with Gasteiger partial charge in [0.2, 0.25) is 0 Å². The summed E-state index contributed by atoms with van der Waals surface area (Å²) in [7, 11) is 0. The number of halogens is 1. The van der Waals surface area contributed by atoms with Crippen LogP contribution in [0.3, 0.4) is 0 Å². The molecular formula is C10H12FN. The maximum Gasteiger partial charge on any atom is 0.123 e. The zero-order valence-electron chi connectivity index (χ0n) is 7.10. The Morgan fingerprint density at radius 1 is 1.50 bits per heavy atom. The summed E-state index contributed by atoms with van der Waals surface area (Å²) in [6, 6.07) is 4.94. The van der Waals surface area contributed by atoms with Gasteiger partial charge in [-0.1, -0.05) is 6.92 Å². The summed E-state index contributed by atoms with van der Waals surface area (Å²) in [5, 5.41) is 3.27. The van der Waals surface area contributed by atoms with Gasteiger partial charge >= 0.3 is 0 Å². The highest BCUT2D eigenvalue weighted by Crippen LogP contribution is 2.24. The molecular weight excluding hydrogens is 153 g/mol. The zero-order valence-corrected chi connectivity index (χ0v) is 7.10. The van der Waals surface area contributed by atoms with E-state index in [1.54, 1.807) is 6.07 Å². The SMILES string of the molecule is CC1CNc2ccc(F)cc2C1. The Kier molecular flexibility index (Phi) is 1.75. The van der Waals surface area contributed by atoms with Crippen LogP contribution >= 0.6 is 0 Å². The Balaban J connectivity index is 2.37. The Labute approximate surface area is 71.6 Å². The summed E-state index contributed by atoms with van der Waals surface area (Å²) in [4.78, 5) is 0. The van der Waals surface area contributed by atoms with E-state index in [9.17, 15) is 4.39 Å². The summed E-state index contributed by atoms with van der Waals surface area (Å²) in [6.07, 6.45) is 0.986. The van der Waals surface area contributed by atoms with E-state index in [-0.39, 0.29) is 5.82 Å². The highest BCUT2D eigenvalue weighted by atomic mass is 19.1. The van der Waals surface area contributed by atoms with Crippen molar-refractivity contribution in [2.45, 2.75) is 13.3 Å². The van der Waals surface area contributed by atoms with Crippen LogP contribution in [-0.2, 0) is 6.42 Å². The monoisotopic (exact) mass is 165 g/mol. The fourth-order valence-electron chi connectivity index (χ4n) is 1.64. The molecule has 1 aromatic rings. The molecule has 1 atom stereocenters. The highest BCUT2D eigenvalue weighted by molar-refractivity contribution is 5.53. The second kappa shape index (κ2) is 2.77. The van der Waals surface area contributed by atoms with Gasteiger partial charge in [0.1, 0.15) is 5.82 Å². The number of hydrogen-bond acceptors (Lipinski definition) is 1. The molecule has 2 rings (SSSR count). The van der Waals surface area contributed by atoms with E-state index in [4.69, 9.17) is 0 Å². The fraction of sp³-hybridized carbons (Fsp3) is 0.400. The molecule has 64 valence electrons. The molecule has 1 unspecified atom stereocenters. The quantitative estimate of drug-likeness (QED) is 0.622. The molecule has 1 N–H and O–H groups in total. The lowest BCUT2D eigenvalue weighted by Gasteiger charge is -2.22. The summed E-state index contributed by atoms with van der Waals surface area (Å²) in [5.41, 5.74) is 2.20. The molecule has 12 heavy (non-hydrogen) atoms. The molecule has 0 spiro atoms. The minimum absolute atomic E-state index is 0.135. The first-order valence-corrected chi connectivity index (χ1v) is 4.28. The first kappa shape index (κ1) is 7.59. The van der Waals surface area contributed by atoms with Crippen molar-refractivity contribution in [2.24, 2.45) is 5.92 Å². The first-order valence-electron chi connectivity index (χ1n) is 4.28. The number of hydrogen-bond donors (Lipinski definition) is 1. The number of fused-ring (bicyclic) bond motifs is 1. The molecule has 0 fully saturated rings. The van der Waals surface area contributed by atoms with Gasteiger partial charge in [0, 0.05) is 12.2 Å². The minimum atomic E-state index is -0.135. The molecule has 0 bridgehead atoms. The van der Waals surface area contributed by atoms with Crippen LogP contribution in [-0.4, -0.2) is 6.54 Å². The fourth-order valence-corrected chi connectivity index (χ4v) is 1.64. The molecule has 1 heterocycles. The predicted molar refractivity (Wildman–Crippen MR) is 47.8 cm³/mol. The van der Waals surface area contributed by atoms with Gasteiger partial charge in [0.15, 0.2) is 0 Å². The van der Waals surface area contributed by atoms with Crippen LogP contribution < -0.4 is 5.32 Å². The van der Waals surface area contributed by atoms with Crippen molar-refractivity contribution in [3.63, 3.8) is 0 Å². The zero-order chi connectivity index (χ0) is 8.55. The molecule has 2 heteroatoms. The van der Waals surface area contributed by atoms with Gasteiger partial charge in [-0.2, -0.15) is 0 Å². The van der Waals surface area contributed by atoms with Crippen molar-refractivity contribution in [3.05, 3.63) is 29.6 Å². The van der Waals surface area contributed by atoms with E-state index in [0.717, 1.165) is 24.2 Å². The standard InChI is InChI=1S/C10H12FN/c1-7-4-8-5-9(11)2-3-10(8)12-6-7/h2-3,5,7,12H,4,6H2,1H3. The Bertz CT molecular complexity index is 296. The van der Waals surface area contributed by atoms with Gasteiger partial charge in [0.05, 0.1) is 0 Å². The highest BCUT2D eigenvalue weighted by Gasteiger charge is 2.14. The van der Waals surface area contributed by atoms with E-state index in [0.29, 0.717) is 5.92 Å². The molecule has 0 saturated heterocycles. The normalized spacial score (nSPS) is 21.3. The topological polar surface area (TPSA) is 12.0 Å². The molecule has 1 nitrogen and oxygen atoms in total. The molecule has 0 amide bonds. The van der Waals surface area contributed by atoms with E-state index in [2.05, 4.69) is 12.2 Å². The smallest absolute Gasteiger partial charge is 0.123 e. The van der Waals surface area contributed by atoms with E-state index >= 15 is 0 Å². The van der Waals surface area contributed by atoms with Crippen LogP contribution in [0.2, 0.25) is 0 Å². The Hall–Kier alpha value is -1.05. The van der Waals surface area contributed by atoms with Crippen molar-refractivity contribution < 1.29 is 4.39 Å². The van der Waals surface area contributed by atoms with Crippen molar-refractivity contribution in [2.75, 3.05) is 11.9 Å². The van der Waals surface area contributed by atoms with Crippen LogP contribution in [0.4, 0.5) is 10.1 Å². The van der Waals surface area contributed by atoms with Crippen molar-refractivity contribution >= 4 is 5.69 Å². The van der Waals surface area contributed by atoms with Gasteiger partial charge in [-0.05, 0) is 36.1 Å². The molecule has 1 aliphatic rings. The molecule has 0 aliphatic carbocycles. The van der Waals surface area contributed by atoms with Gasteiger partial charge in [-0.15, -0.1) is 0 Å². The van der Waals surface area contributed by atoms with E-state index < -0.39 is 0 Å². The second-order valence-corrected chi connectivity index (χ2v) is 3.49. The number of anilines is 1. The minimum Gasteiger partial charge on any atom is -0.385 e. The lowest BCUT2D eigenvalue weighted by Crippen LogP contribution is -2.20. The van der Waals surface area contributed by atoms with Crippen LogP contribution in [0.5, 0.6) is 0 Å². The molecule has 0 radical (unpaired) electrons. The van der Waals surface area contributed by atoms with Crippen molar-refractivity contribution in [1.29, 1.82) is 0 Å². The van der Waals surface area contributed by atoms with Gasteiger partial charge in [-0.25, -0.2) is 4.39 Å². The maximum absolute atomic E-state index is 12.8. The summed E-state index contributed by atoms with van der Waals surface area (Å²) in [5.74, 6) is 0.476. The average Bonchev–Trinajstić information content (AvgIpc) is 2.03. The van der Waals surface area contributed by atoms with Crippen molar-refractivity contribution in [3.8, 4) is 0 Å². The van der Waals surface area contributed by atoms with Gasteiger partial charge in [0.25, 0.3) is 0 Å². The summed E-state index contributed by atoms with van der Waals surface area (Å²) in [6.45, 7) is 3.17. The largest absolute Gasteiger partial charge is 0.385 e. The van der Waals surface area contributed by atoms with Crippen LogP contribution in [0, 0.1) is 11.7 Å². The third-order valence-corrected chi connectivity index (χ3v) is 2.28. The summed E-state index contributed by atoms with van der Waals surface area (Å²) < 4.78 is 12.8. The predicted octanol–water partition coefficient (Wildman–Crippen LogP) is 2.43. The third-order valence-electron chi connectivity index (χ3n) is 2.28. The second-order valence-electron chi connectivity index (χ2n) is 3.49. The average molecular weight is 165 g/mol. The molecule has 0 saturated carbocycles.